The molecule has 11 nitrogen and oxygen atoms in total. The Labute approximate surface area is 248 Å². The van der Waals surface area contributed by atoms with Gasteiger partial charge in [-0.05, 0) is 74.1 Å². The zero-order valence-electron chi connectivity index (χ0n) is 23.7. The number of nitrogens with one attached hydrogen (secondary N) is 2. The minimum atomic E-state index is -0.447. The molecule has 12 heteroatoms. The number of non-ortho nitro benzene ring substituents is 1. The first-order valence-corrected chi connectivity index (χ1v) is 13.5. The summed E-state index contributed by atoms with van der Waals surface area (Å²) in [5.41, 5.74) is 5.47. The van der Waals surface area contributed by atoms with E-state index in [-0.39, 0.29) is 23.7 Å². The van der Waals surface area contributed by atoms with E-state index in [0.29, 0.717) is 28.0 Å². The molecule has 2 aromatic heterocycles. The van der Waals surface area contributed by atoms with Crippen molar-refractivity contribution >= 4 is 40.3 Å². The van der Waals surface area contributed by atoms with Crippen LogP contribution in [0.25, 0.3) is 5.69 Å². The molecular weight excluding hydrogens is 556 g/mol. The van der Waals surface area contributed by atoms with Crippen LogP contribution in [0.3, 0.4) is 0 Å². The second-order valence-corrected chi connectivity index (χ2v) is 10.2. The summed E-state index contributed by atoms with van der Waals surface area (Å²) in [7, 11) is 3.04. The molecule has 1 amide bonds. The monoisotopic (exact) mass is 586 g/mol. The molecule has 1 aliphatic heterocycles. The lowest BCUT2D eigenvalue weighted by Gasteiger charge is -2.29. The summed E-state index contributed by atoms with van der Waals surface area (Å²) in [6.07, 6.45) is 1.74. The first-order valence-electron chi connectivity index (χ1n) is 13.1. The van der Waals surface area contributed by atoms with Gasteiger partial charge in [-0.15, -0.1) is 0 Å². The average Bonchev–Trinajstić information content (AvgIpc) is 3.47. The molecule has 5 rings (SSSR count). The van der Waals surface area contributed by atoms with Gasteiger partial charge in [0.05, 0.1) is 54.4 Å². The summed E-state index contributed by atoms with van der Waals surface area (Å²) in [4.78, 5) is 29.6. The molecule has 3 heterocycles. The van der Waals surface area contributed by atoms with E-state index in [1.54, 1.807) is 25.4 Å². The maximum Gasteiger partial charge on any atom is 0.273 e. The smallest absolute Gasteiger partial charge is 0.273 e. The van der Waals surface area contributed by atoms with Crippen molar-refractivity contribution in [2.24, 2.45) is 0 Å². The van der Waals surface area contributed by atoms with Crippen LogP contribution in [0.15, 0.2) is 66.9 Å². The lowest BCUT2D eigenvalue weighted by atomic mass is 9.96. The predicted octanol–water partition coefficient (Wildman–Crippen LogP) is 5.55. The maximum absolute atomic E-state index is 12.0. The highest BCUT2D eigenvalue weighted by Crippen LogP contribution is 2.45. The predicted molar refractivity (Wildman–Crippen MR) is 164 cm³/mol. The van der Waals surface area contributed by atoms with Crippen molar-refractivity contribution in [2.45, 2.75) is 32.9 Å². The van der Waals surface area contributed by atoms with Crippen LogP contribution in [0.1, 0.15) is 41.7 Å². The Morgan fingerprint density at radius 1 is 1.07 bits per heavy atom. The van der Waals surface area contributed by atoms with E-state index >= 15 is 0 Å². The number of aromatic nitrogens is 2. The van der Waals surface area contributed by atoms with Crippen LogP contribution in [-0.2, 0) is 4.79 Å². The topological polar surface area (TPSA) is 124 Å². The Bertz CT molecular complexity index is 1690. The number of hydrogen-bond donors (Lipinski definition) is 2. The zero-order valence-corrected chi connectivity index (χ0v) is 24.6. The van der Waals surface area contributed by atoms with Crippen LogP contribution in [0.5, 0.6) is 11.5 Å². The highest BCUT2D eigenvalue weighted by molar-refractivity contribution is 7.80. The van der Waals surface area contributed by atoms with E-state index in [4.69, 9.17) is 21.7 Å². The van der Waals surface area contributed by atoms with Crippen LogP contribution in [0.2, 0.25) is 0 Å². The minimum absolute atomic E-state index is 0.0560. The molecule has 4 aromatic rings. The van der Waals surface area contributed by atoms with Crippen LogP contribution in [-0.4, -0.2) is 39.7 Å². The number of nitro benzene ring substituents is 1. The van der Waals surface area contributed by atoms with Crippen LogP contribution in [0.4, 0.5) is 17.1 Å². The number of carbonyl (C=O) groups excluding carboxylic acids is 1. The van der Waals surface area contributed by atoms with Gasteiger partial charge in [0.15, 0.2) is 5.11 Å². The van der Waals surface area contributed by atoms with Gasteiger partial charge in [-0.1, -0.05) is 6.07 Å². The Balaban J connectivity index is 1.69. The number of pyridine rings is 1. The van der Waals surface area contributed by atoms with E-state index in [1.807, 2.05) is 53.6 Å². The third-order valence-electron chi connectivity index (χ3n) is 7.27. The third kappa shape index (κ3) is 5.12. The second-order valence-electron chi connectivity index (χ2n) is 9.84. The zero-order chi connectivity index (χ0) is 30.1. The summed E-state index contributed by atoms with van der Waals surface area (Å²) in [5, 5.41) is 18.2. The minimum Gasteiger partial charge on any atom is -0.495 e. The molecular formula is C30H30N6O5S. The summed E-state index contributed by atoms with van der Waals surface area (Å²) in [6.45, 7) is 5.41. The first kappa shape index (κ1) is 28.6. The Hall–Kier alpha value is -4.97. The van der Waals surface area contributed by atoms with E-state index < -0.39 is 4.92 Å². The van der Waals surface area contributed by atoms with Crippen molar-refractivity contribution in [1.82, 2.24) is 14.9 Å². The SMILES string of the molecule is COc1ccc(N2C(=S)N[C@H](c3ccccn3)[C@H]2c2cc(C)n(-c3ccc([N+](=O)[O-])cc3OC)c2C)cc1NC(C)=O. The fourth-order valence-corrected chi connectivity index (χ4v) is 5.85. The maximum atomic E-state index is 12.0. The van der Waals surface area contributed by atoms with Crippen molar-refractivity contribution in [3.05, 3.63) is 99.6 Å². The number of benzene rings is 2. The van der Waals surface area contributed by atoms with Crippen molar-refractivity contribution in [2.75, 3.05) is 24.4 Å². The Morgan fingerprint density at radius 3 is 2.48 bits per heavy atom. The highest BCUT2D eigenvalue weighted by atomic mass is 32.1. The number of methoxy groups -OCH3 is 2. The first-order chi connectivity index (χ1) is 20.1. The summed E-state index contributed by atoms with van der Waals surface area (Å²) in [5.74, 6) is 0.676. The standard InChI is InChI=1S/C30H30N6O5S/c1-17-14-22(18(2)34(17)25-11-9-21(36(38)39)16-27(25)41-5)29-28(23-8-6-7-13-31-23)33-30(42)35(29)20-10-12-26(40-4)24(15-20)32-19(3)37/h6-16,28-29H,1-5H3,(H,32,37)(H,33,42)/t28-,29-/m1/s1. The largest absolute Gasteiger partial charge is 0.495 e. The summed E-state index contributed by atoms with van der Waals surface area (Å²) >= 11 is 5.90. The number of anilines is 2. The number of nitro groups is 1. The molecule has 0 bridgehead atoms. The number of carbonyl (C=O) groups is 1. The average molecular weight is 587 g/mol. The lowest BCUT2D eigenvalue weighted by Crippen LogP contribution is -2.29. The number of hydrogen-bond acceptors (Lipinski definition) is 7. The van der Waals surface area contributed by atoms with Crippen molar-refractivity contribution < 1.29 is 19.2 Å². The van der Waals surface area contributed by atoms with Crippen molar-refractivity contribution in [3.8, 4) is 17.2 Å². The fraction of sp³-hybridized carbons (Fsp3) is 0.233. The molecule has 1 aliphatic rings. The fourth-order valence-electron chi connectivity index (χ4n) is 5.50. The second kappa shape index (κ2) is 11.5. The van der Waals surface area contributed by atoms with Crippen molar-refractivity contribution in [1.29, 1.82) is 0 Å². The molecule has 0 unspecified atom stereocenters. The number of aryl methyl sites for hydroxylation is 1. The molecule has 0 spiro atoms. The molecule has 1 saturated heterocycles. The highest BCUT2D eigenvalue weighted by Gasteiger charge is 2.42. The number of rotatable bonds is 8. The molecule has 2 atom stereocenters. The molecule has 2 aromatic carbocycles. The molecule has 0 aliphatic carbocycles. The number of ether oxygens (including phenoxy) is 2. The van der Waals surface area contributed by atoms with E-state index in [9.17, 15) is 14.9 Å². The molecule has 216 valence electrons. The van der Waals surface area contributed by atoms with E-state index in [1.165, 1.54) is 26.2 Å². The third-order valence-corrected chi connectivity index (χ3v) is 7.59. The van der Waals surface area contributed by atoms with Crippen LogP contribution >= 0.6 is 12.2 Å². The van der Waals surface area contributed by atoms with Crippen LogP contribution in [0, 0.1) is 24.0 Å². The summed E-state index contributed by atoms with van der Waals surface area (Å²) < 4.78 is 13.1. The van der Waals surface area contributed by atoms with Crippen molar-refractivity contribution in [3.63, 3.8) is 0 Å². The molecule has 2 N–H and O–H groups in total. The molecule has 0 radical (unpaired) electrons. The van der Waals surface area contributed by atoms with E-state index in [2.05, 4.69) is 21.7 Å². The normalized spacial score (nSPS) is 16.2. The van der Waals surface area contributed by atoms with Gasteiger partial charge in [-0.3, -0.25) is 19.9 Å². The molecule has 42 heavy (non-hydrogen) atoms. The van der Waals surface area contributed by atoms with Gasteiger partial charge < -0.3 is 29.6 Å². The number of amides is 1. The Kier molecular flexibility index (Phi) is 7.81. The summed E-state index contributed by atoms with van der Waals surface area (Å²) in [6, 6.07) is 17.3. The quantitative estimate of drug-likeness (QED) is 0.155. The van der Waals surface area contributed by atoms with Crippen LogP contribution < -0.4 is 25.0 Å². The van der Waals surface area contributed by atoms with E-state index in [0.717, 1.165) is 28.3 Å². The number of nitrogens with zero attached hydrogens (tertiary/aromatic N) is 4. The van der Waals surface area contributed by atoms with Gasteiger partial charge in [-0.2, -0.15) is 0 Å². The van der Waals surface area contributed by atoms with Gasteiger partial charge in [0.2, 0.25) is 5.91 Å². The number of thiocarbonyl (C=S) groups is 1. The lowest BCUT2D eigenvalue weighted by molar-refractivity contribution is -0.384. The van der Waals surface area contributed by atoms with Gasteiger partial charge in [-0.25, -0.2) is 0 Å². The van der Waals surface area contributed by atoms with Gasteiger partial charge in [0.1, 0.15) is 11.5 Å². The van der Waals surface area contributed by atoms with Gasteiger partial charge in [0.25, 0.3) is 5.69 Å². The Morgan fingerprint density at radius 2 is 1.83 bits per heavy atom. The van der Waals surface area contributed by atoms with Gasteiger partial charge >= 0.3 is 0 Å². The molecule has 1 fully saturated rings. The van der Waals surface area contributed by atoms with Gasteiger partial charge in [0, 0.05) is 36.3 Å². The molecule has 0 saturated carbocycles.